The fourth-order valence-electron chi connectivity index (χ4n) is 3.74. The Labute approximate surface area is 188 Å². The number of halogens is 3. The quantitative estimate of drug-likeness (QED) is 0.607. The van der Waals surface area contributed by atoms with Gasteiger partial charge in [-0.1, -0.05) is 24.3 Å². The van der Waals surface area contributed by atoms with Crippen LogP contribution < -0.4 is 5.32 Å². The second kappa shape index (κ2) is 8.60. The van der Waals surface area contributed by atoms with Crippen LogP contribution in [0.15, 0.2) is 55.1 Å². The van der Waals surface area contributed by atoms with Crippen LogP contribution in [0.1, 0.15) is 23.6 Å². The summed E-state index contributed by atoms with van der Waals surface area (Å²) >= 11 is 0. The van der Waals surface area contributed by atoms with E-state index in [1.54, 1.807) is 24.3 Å². The Kier molecular flexibility index (Phi) is 5.97. The Balaban J connectivity index is 1.73. The summed E-state index contributed by atoms with van der Waals surface area (Å²) in [6.45, 7) is 1.48. The number of hydrogen-bond donors (Lipinski definition) is 1. The first-order valence-corrected chi connectivity index (χ1v) is 11.6. The van der Waals surface area contributed by atoms with Crippen LogP contribution in [0.4, 0.5) is 18.9 Å². The van der Waals surface area contributed by atoms with Crippen molar-refractivity contribution in [3.05, 3.63) is 71.8 Å². The van der Waals surface area contributed by atoms with Crippen molar-refractivity contribution in [2.45, 2.75) is 32.1 Å². The highest BCUT2D eigenvalue weighted by molar-refractivity contribution is 7.89. The molecular weight excluding hydrogens is 459 g/mol. The van der Waals surface area contributed by atoms with Crippen molar-refractivity contribution in [2.75, 3.05) is 11.1 Å². The molecule has 4 rings (SSSR count). The summed E-state index contributed by atoms with van der Waals surface area (Å²) in [7, 11) is -3.77. The van der Waals surface area contributed by atoms with Crippen LogP contribution in [0.5, 0.6) is 0 Å². The lowest BCUT2D eigenvalue weighted by atomic mass is 9.95. The van der Waals surface area contributed by atoms with Crippen molar-refractivity contribution in [1.29, 1.82) is 0 Å². The minimum Gasteiger partial charge on any atom is -0.323 e. The number of aromatic nitrogens is 3. The van der Waals surface area contributed by atoms with Crippen LogP contribution in [-0.4, -0.2) is 45.2 Å². The minimum absolute atomic E-state index is 0.00293. The van der Waals surface area contributed by atoms with Crippen LogP contribution in [0.2, 0.25) is 0 Å². The fourth-order valence-corrected chi connectivity index (χ4v) is 4.97. The van der Waals surface area contributed by atoms with Gasteiger partial charge in [0.15, 0.2) is 0 Å². The van der Waals surface area contributed by atoms with Crippen molar-refractivity contribution in [3.63, 3.8) is 0 Å². The van der Waals surface area contributed by atoms with Gasteiger partial charge in [-0.25, -0.2) is 18.1 Å². The number of anilines is 1. The Hall–Kier alpha value is -3.25. The van der Waals surface area contributed by atoms with Gasteiger partial charge in [-0.3, -0.25) is 4.79 Å². The SMILES string of the molecule is CCS(=O)(=O)N1Cc2ccccc2C[C@@H]1C(=O)Nc1cc(C(F)(F)F)ccc1-n1cncn1. The van der Waals surface area contributed by atoms with Crippen molar-refractivity contribution in [3.8, 4) is 5.69 Å². The Bertz CT molecular complexity index is 1280. The molecule has 1 amide bonds. The molecule has 0 bridgehead atoms. The molecule has 1 aliphatic heterocycles. The average molecular weight is 479 g/mol. The highest BCUT2D eigenvalue weighted by Crippen LogP contribution is 2.34. The van der Waals surface area contributed by atoms with E-state index in [1.165, 1.54) is 30.3 Å². The lowest BCUT2D eigenvalue weighted by molar-refractivity contribution is -0.137. The zero-order valence-electron chi connectivity index (χ0n) is 17.5. The second-order valence-electron chi connectivity index (χ2n) is 7.49. The average Bonchev–Trinajstić information content (AvgIpc) is 3.32. The molecule has 0 aliphatic carbocycles. The molecule has 8 nitrogen and oxygen atoms in total. The van der Waals surface area contributed by atoms with Crippen molar-refractivity contribution < 1.29 is 26.4 Å². The van der Waals surface area contributed by atoms with E-state index in [2.05, 4.69) is 15.4 Å². The van der Waals surface area contributed by atoms with Crippen LogP contribution >= 0.6 is 0 Å². The first kappa shape index (κ1) is 22.9. The van der Waals surface area contributed by atoms with E-state index in [1.807, 2.05) is 0 Å². The monoisotopic (exact) mass is 479 g/mol. The van der Waals surface area contributed by atoms with E-state index in [9.17, 15) is 26.4 Å². The molecule has 174 valence electrons. The zero-order chi connectivity index (χ0) is 23.8. The molecule has 1 aliphatic rings. The molecule has 0 fully saturated rings. The third-order valence-electron chi connectivity index (χ3n) is 5.48. The highest BCUT2D eigenvalue weighted by Gasteiger charge is 2.38. The van der Waals surface area contributed by atoms with Crippen LogP contribution in [0, 0.1) is 0 Å². The van der Waals surface area contributed by atoms with E-state index >= 15 is 0 Å². The summed E-state index contributed by atoms with van der Waals surface area (Å²) in [4.78, 5) is 17.1. The maximum atomic E-state index is 13.3. The molecule has 0 saturated heterocycles. The molecule has 0 spiro atoms. The first-order valence-electron chi connectivity index (χ1n) is 10.0. The molecular formula is C21H20F3N5O3S. The van der Waals surface area contributed by atoms with Gasteiger partial charge in [-0.05, 0) is 42.7 Å². The molecule has 33 heavy (non-hydrogen) atoms. The van der Waals surface area contributed by atoms with E-state index < -0.39 is 33.7 Å². The van der Waals surface area contributed by atoms with Crippen LogP contribution in [0.3, 0.4) is 0 Å². The number of benzene rings is 2. The molecule has 0 saturated carbocycles. The number of hydrogen-bond acceptors (Lipinski definition) is 5. The Morgan fingerprint density at radius 2 is 1.91 bits per heavy atom. The maximum Gasteiger partial charge on any atom is 0.416 e. The number of amides is 1. The Morgan fingerprint density at radius 1 is 1.18 bits per heavy atom. The third kappa shape index (κ3) is 4.62. The molecule has 12 heteroatoms. The zero-order valence-corrected chi connectivity index (χ0v) is 18.3. The molecule has 0 radical (unpaired) electrons. The van der Waals surface area contributed by atoms with Gasteiger partial charge in [0.05, 0.1) is 22.7 Å². The summed E-state index contributed by atoms with van der Waals surface area (Å²) in [5, 5.41) is 6.43. The van der Waals surface area contributed by atoms with Gasteiger partial charge in [0.25, 0.3) is 0 Å². The van der Waals surface area contributed by atoms with Crippen molar-refractivity contribution >= 4 is 21.6 Å². The molecule has 2 heterocycles. The number of carbonyl (C=O) groups excluding carboxylic acids is 1. The third-order valence-corrected chi connectivity index (χ3v) is 7.31. The van der Waals surface area contributed by atoms with E-state index in [0.29, 0.717) is 0 Å². The Morgan fingerprint density at radius 3 is 2.55 bits per heavy atom. The van der Waals surface area contributed by atoms with E-state index in [-0.39, 0.29) is 30.1 Å². The van der Waals surface area contributed by atoms with Gasteiger partial charge in [-0.2, -0.15) is 22.6 Å². The fraction of sp³-hybridized carbons (Fsp3) is 0.286. The van der Waals surface area contributed by atoms with Gasteiger partial charge in [0.2, 0.25) is 15.9 Å². The van der Waals surface area contributed by atoms with Gasteiger partial charge >= 0.3 is 6.18 Å². The van der Waals surface area contributed by atoms with Crippen LogP contribution in [-0.2, 0) is 34.0 Å². The molecule has 1 aromatic heterocycles. The smallest absolute Gasteiger partial charge is 0.323 e. The van der Waals surface area contributed by atoms with Gasteiger partial charge in [0.1, 0.15) is 18.7 Å². The number of carbonyl (C=O) groups is 1. The molecule has 1 N–H and O–H groups in total. The molecule has 1 atom stereocenters. The van der Waals surface area contributed by atoms with E-state index in [4.69, 9.17) is 0 Å². The first-order chi connectivity index (χ1) is 15.6. The van der Waals surface area contributed by atoms with Crippen LogP contribution in [0.25, 0.3) is 5.69 Å². The second-order valence-corrected chi connectivity index (χ2v) is 9.70. The number of rotatable bonds is 5. The predicted molar refractivity (Wildman–Crippen MR) is 114 cm³/mol. The van der Waals surface area contributed by atoms with Crippen molar-refractivity contribution in [1.82, 2.24) is 19.1 Å². The summed E-state index contributed by atoms with van der Waals surface area (Å²) in [5.74, 6) is -0.950. The largest absolute Gasteiger partial charge is 0.416 e. The maximum absolute atomic E-state index is 13.3. The summed E-state index contributed by atoms with van der Waals surface area (Å²) < 4.78 is 67.8. The van der Waals surface area contributed by atoms with Crippen molar-refractivity contribution in [2.24, 2.45) is 0 Å². The van der Waals surface area contributed by atoms with E-state index in [0.717, 1.165) is 27.6 Å². The minimum atomic E-state index is -4.64. The highest BCUT2D eigenvalue weighted by atomic mass is 32.2. The standard InChI is InChI=1S/C21H20F3N5O3S/c1-2-33(31,32)29-11-15-6-4-3-5-14(15)9-19(29)20(30)27-17-10-16(21(22,23)24)7-8-18(17)28-13-25-12-26-28/h3-8,10,12-13,19H,2,9,11H2,1H3,(H,27,30)/t19-/m1/s1. The number of alkyl halides is 3. The lowest BCUT2D eigenvalue weighted by Gasteiger charge is -2.35. The molecule has 3 aromatic rings. The number of nitrogens with one attached hydrogen (secondary N) is 1. The van der Waals surface area contributed by atoms with Gasteiger partial charge in [-0.15, -0.1) is 0 Å². The topological polar surface area (TPSA) is 97.2 Å². The summed E-state index contributed by atoms with van der Waals surface area (Å²) in [5.41, 5.74) is 0.623. The van der Waals surface area contributed by atoms with Gasteiger partial charge in [0, 0.05) is 6.54 Å². The number of nitrogens with zero attached hydrogens (tertiary/aromatic N) is 4. The van der Waals surface area contributed by atoms with Gasteiger partial charge < -0.3 is 5.32 Å². The number of sulfonamides is 1. The number of fused-ring (bicyclic) bond motifs is 1. The summed E-state index contributed by atoms with van der Waals surface area (Å²) in [6.07, 6.45) is -2.06. The predicted octanol–water partition coefficient (Wildman–Crippen LogP) is 3.00. The summed E-state index contributed by atoms with van der Waals surface area (Å²) in [6, 6.07) is 8.87. The molecule has 2 aromatic carbocycles. The lowest BCUT2D eigenvalue weighted by Crippen LogP contribution is -2.51. The normalized spacial score (nSPS) is 16.9. The molecule has 0 unspecified atom stereocenters.